The Labute approximate surface area is 127 Å². The molecule has 1 atom stereocenters. The monoisotopic (exact) mass is 287 g/mol. The van der Waals surface area contributed by atoms with Gasteiger partial charge in [0.15, 0.2) is 0 Å². The van der Waals surface area contributed by atoms with Crippen LogP contribution in [-0.2, 0) is 6.42 Å². The predicted molar refractivity (Wildman–Crippen MR) is 90.0 cm³/mol. The smallest absolute Gasteiger partial charge is 0.0676 e. The highest BCUT2D eigenvalue weighted by atomic mass is 32.1. The van der Waals surface area contributed by atoms with Crippen molar-refractivity contribution in [1.82, 2.24) is 5.32 Å². The van der Waals surface area contributed by atoms with Gasteiger partial charge in [0.25, 0.3) is 0 Å². The average Bonchev–Trinajstić information content (AvgIpc) is 2.89. The Balaban J connectivity index is 2.64. The molecule has 0 fully saturated rings. The lowest BCUT2D eigenvalue weighted by Crippen LogP contribution is -2.20. The van der Waals surface area contributed by atoms with Gasteiger partial charge in [-0.15, -0.1) is 11.3 Å². The Hall–Kier alpha value is -1.12. The molecule has 0 bridgehead atoms. The minimum Gasteiger partial charge on any atom is -0.309 e. The first-order valence-corrected chi connectivity index (χ1v) is 8.20. The van der Waals surface area contributed by atoms with Gasteiger partial charge >= 0.3 is 0 Å². The zero-order chi connectivity index (χ0) is 14.9. The minimum atomic E-state index is 0.309. The summed E-state index contributed by atoms with van der Waals surface area (Å²) in [5.74, 6) is 0. The van der Waals surface area contributed by atoms with E-state index in [1.165, 1.54) is 38.3 Å². The highest BCUT2D eigenvalue weighted by molar-refractivity contribution is 7.10. The van der Waals surface area contributed by atoms with E-state index in [2.05, 4.69) is 64.5 Å². The number of thiophene rings is 1. The molecule has 0 spiro atoms. The number of benzene rings is 1. The van der Waals surface area contributed by atoms with Crippen molar-refractivity contribution in [3.63, 3.8) is 0 Å². The number of hydrogen-bond acceptors (Lipinski definition) is 2. The largest absolute Gasteiger partial charge is 0.309 e. The van der Waals surface area contributed by atoms with Gasteiger partial charge in [0.05, 0.1) is 6.04 Å². The van der Waals surface area contributed by atoms with E-state index in [1.807, 2.05) is 11.3 Å². The minimum absolute atomic E-state index is 0.309. The van der Waals surface area contributed by atoms with E-state index >= 15 is 0 Å². The quantitative estimate of drug-likeness (QED) is 0.847. The highest BCUT2D eigenvalue weighted by Gasteiger charge is 2.21. The topological polar surface area (TPSA) is 12.0 Å². The summed E-state index contributed by atoms with van der Waals surface area (Å²) in [6.45, 7) is 11.2. The van der Waals surface area contributed by atoms with Crippen molar-refractivity contribution < 1.29 is 0 Å². The van der Waals surface area contributed by atoms with E-state index in [0.29, 0.717) is 6.04 Å². The molecule has 1 unspecified atom stereocenters. The molecule has 1 heterocycles. The maximum atomic E-state index is 3.54. The average molecular weight is 287 g/mol. The van der Waals surface area contributed by atoms with Crippen molar-refractivity contribution in [3.05, 3.63) is 55.8 Å². The third-order valence-electron chi connectivity index (χ3n) is 4.43. The maximum absolute atomic E-state index is 3.54. The van der Waals surface area contributed by atoms with Gasteiger partial charge in [-0.2, -0.15) is 0 Å². The molecule has 0 aliphatic carbocycles. The van der Waals surface area contributed by atoms with Crippen LogP contribution in [0.4, 0.5) is 0 Å². The lowest BCUT2D eigenvalue weighted by molar-refractivity contribution is 0.686. The van der Waals surface area contributed by atoms with Crippen molar-refractivity contribution in [2.75, 3.05) is 7.05 Å². The third-order valence-corrected chi connectivity index (χ3v) is 5.45. The molecule has 2 heteroatoms. The van der Waals surface area contributed by atoms with Gasteiger partial charge in [-0.1, -0.05) is 13.0 Å². The first-order valence-electron chi connectivity index (χ1n) is 7.32. The summed E-state index contributed by atoms with van der Waals surface area (Å²) in [5.41, 5.74) is 8.54. The van der Waals surface area contributed by atoms with Crippen LogP contribution in [0.2, 0.25) is 0 Å². The van der Waals surface area contributed by atoms with Crippen LogP contribution in [0, 0.1) is 27.7 Å². The van der Waals surface area contributed by atoms with Crippen molar-refractivity contribution in [2.24, 2.45) is 0 Å². The molecule has 2 rings (SSSR count). The number of hydrogen-bond donors (Lipinski definition) is 1. The lowest BCUT2D eigenvalue weighted by Gasteiger charge is -2.24. The van der Waals surface area contributed by atoms with E-state index in [0.717, 1.165) is 6.42 Å². The molecule has 0 saturated heterocycles. The van der Waals surface area contributed by atoms with Crippen LogP contribution in [0.5, 0.6) is 0 Å². The van der Waals surface area contributed by atoms with Crippen molar-refractivity contribution >= 4 is 11.3 Å². The van der Waals surface area contributed by atoms with Crippen LogP contribution in [0.25, 0.3) is 0 Å². The SMILES string of the molecule is CCc1ccsc1C(NC)c1c(C)c(C)cc(C)c1C. The fourth-order valence-corrected chi connectivity index (χ4v) is 4.09. The summed E-state index contributed by atoms with van der Waals surface area (Å²) >= 11 is 1.87. The molecular weight excluding hydrogens is 262 g/mol. The first-order chi connectivity index (χ1) is 9.51. The second-order valence-corrected chi connectivity index (χ2v) is 6.51. The summed E-state index contributed by atoms with van der Waals surface area (Å²) in [4.78, 5) is 1.46. The second kappa shape index (κ2) is 6.11. The molecule has 1 N–H and O–H groups in total. The van der Waals surface area contributed by atoms with Gasteiger partial charge in [-0.3, -0.25) is 0 Å². The van der Waals surface area contributed by atoms with E-state index in [-0.39, 0.29) is 0 Å². The molecule has 1 nitrogen and oxygen atoms in total. The standard InChI is InChI=1S/C18H25NS/c1-7-15-8-9-20-18(15)17(19-6)16-13(4)11(2)10-12(3)14(16)5/h8-10,17,19H,7H2,1-6H3. The Kier molecular flexibility index (Phi) is 4.66. The van der Waals surface area contributed by atoms with Gasteiger partial charge in [-0.25, -0.2) is 0 Å². The molecule has 20 heavy (non-hydrogen) atoms. The molecule has 0 amide bonds. The molecule has 0 aliphatic heterocycles. The molecule has 108 valence electrons. The summed E-state index contributed by atoms with van der Waals surface area (Å²) in [7, 11) is 2.07. The van der Waals surface area contributed by atoms with Crippen LogP contribution in [0.3, 0.4) is 0 Å². The van der Waals surface area contributed by atoms with Crippen LogP contribution in [0.1, 0.15) is 51.2 Å². The lowest BCUT2D eigenvalue weighted by atomic mass is 9.88. The van der Waals surface area contributed by atoms with E-state index < -0.39 is 0 Å². The van der Waals surface area contributed by atoms with Gasteiger partial charge < -0.3 is 5.32 Å². The highest BCUT2D eigenvalue weighted by Crippen LogP contribution is 2.35. The summed E-state index contributed by atoms with van der Waals surface area (Å²) in [6.07, 6.45) is 1.10. The summed E-state index contributed by atoms with van der Waals surface area (Å²) in [6, 6.07) is 4.87. The van der Waals surface area contributed by atoms with Gasteiger partial charge in [-0.05, 0) is 86.0 Å². The number of nitrogens with one attached hydrogen (secondary N) is 1. The summed E-state index contributed by atoms with van der Waals surface area (Å²) in [5, 5.41) is 5.76. The van der Waals surface area contributed by atoms with E-state index in [1.54, 1.807) is 0 Å². The van der Waals surface area contributed by atoms with Gasteiger partial charge in [0.1, 0.15) is 0 Å². The molecule has 1 aromatic carbocycles. The zero-order valence-electron chi connectivity index (χ0n) is 13.4. The van der Waals surface area contributed by atoms with Crippen LogP contribution in [0.15, 0.2) is 17.5 Å². The van der Waals surface area contributed by atoms with Gasteiger partial charge in [0, 0.05) is 4.88 Å². The fraction of sp³-hybridized carbons (Fsp3) is 0.444. The van der Waals surface area contributed by atoms with E-state index in [4.69, 9.17) is 0 Å². The van der Waals surface area contributed by atoms with Crippen molar-refractivity contribution in [1.29, 1.82) is 0 Å². The third kappa shape index (κ3) is 2.55. The van der Waals surface area contributed by atoms with Crippen LogP contribution >= 0.6 is 11.3 Å². The van der Waals surface area contributed by atoms with Crippen LogP contribution < -0.4 is 5.32 Å². The predicted octanol–water partition coefficient (Wildman–Crippen LogP) is 4.85. The van der Waals surface area contributed by atoms with Crippen LogP contribution in [-0.4, -0.2) is 7.05 Å². The van der Waals surface area contributed by atoms with E-state index in [9.17, 15) is 0 Å². The zero-order valence-corrected chi connectivity index (χ0v) is 14.2. The molecule has 0 radical (unpaired) electrons. The molecular formula is C18H25NS. The Morgan fingerprint density at radius 2 is 1.70 bits per heavy atom. The van der Waals surface area contributed by atoms with Crippen molar-refractivity contribution in [3.8, 4) is 0 Å². The fourth-order valence-electron chi connectivity index (χ4n) is 2.98. The number of rotatable bonds is 4. The molecule has 2 aromatic rings. The Morgan fingerprint density at radius 1 is 1.10 bits per heavy atom. The molecule has 0 aliphatic rings. The number of aryl methyl sites for hydroxylation is 3. The first kappa shape index (κ1) is 15.3. The maximum Gasteiger partial charge on any atom is 0.0676 e. The van der Waals surface area contributed by atoms with Gasteiger partial charge in [0.2, 0.25) is 0 Å². The molecule has 1 aromatic heterocycles. The second-order valence-electron chi connectivity index (χ2n) is 5.56. The summed E-state index contributed by atoms with van der Waals surface area (Å²) < 4.78 is 0. The molecule has 0 saturated carbocycles. The Morgan fingerprint density at radius 3 is 2.20 bits per heavy atom. The normalized spacial score (nSPS) is 12.7. The van der Waals surface area contributed by atoms with Crippen molar-refractivity contribution in [2.45, 2.75) is 47.1 Å². The Bertz CT molecular complexity index is 584.